The van der Waals surface area contributed by atoms with Crippen molar-refractivity contribution in [3.8, 4) is 0 Å². The largest absolute Gasteiger partial charge is 0.316 e. The minimum Gasteiger partial charge on any atom is -0.316 e. The van der Waals surface area contributed by atoms with Gasteiger partial charge in [-0.25, -0.2) is 0 Å². The quantitative estimate of drug-likeness (QED) is 0.834. The Hall–Kier alpha value is -0.930. The van der Waals surface area contributed by atoms with Gasteiger partial charge >= 0.3 is 0 Å². The molecule has 0 saturated carbocycles. The normalized spacial score (nSPS) is 32.9. The van der Waals surface area contributed by atoms with Gasteiger partial charge in [-0.15, -0.1) is 0 Å². The summed E-state index contributed by atoms with van der Waals surface area (Å²) in [5, 5.41) is 3.50. The van der Waals surface area contributed by atoms with Gasteiger partial charge in [0.2, 0.25) is 0 Å². The molecule has 0 radical (unpaired) electrons. The predicted octanol–water partition coefficient (Wildman–Crippen LogP) is 1.43. The van der Waals surface area contributed by atoms with Gasteiger partial charge in [-0.3, -0.25) is 9.88 Å². The molecule has 3 unspecified atom stereocenters. The second kappa shape index (κ2) is 4.39. The van der Waals surface area contributed by atoms with Crippen molar-refractivity contribution in [3.63, 3.8) is 0 Å². The van der Waals surface area contributed by atoms with Gasteiger partial charge in [0.1, 0.15) is 0 Å². The lowest BCUT2D eigenvalue weighted by molar-refractivity contribution is 0.229. The number of fused-ring (bicyclic) bond motifs is 1. The lowest BCUT2D eigenvalue weighted by Gasteiger charge is -2.23. The molecule has 0 spiro atoms. The van der Waals surface area contributed by atoms with Crippen LogP contribution in [0.5, 0.6) is 0 Å². The molecule has 0 bridgehead atoms. The minimum absolute atomic E-state index is 0.693. The van der Waals surface area contributed by atoms with Gasteiger partial charge in [0, 0.05) is 25.3 Å². The summed E-state index contributed by atoms with van der Waals surface area (Å²) < 4.78 is 0. The molecule has 0 amide bonds. The maximum absolute atomic E-state index is 4.51. The van der Waals surface area contributed by atoms with E-state index in [0.29, 0.717) is 6.04 Å². The van der Waals surface area contributed by atoms with Crippen LogP contribution in [0.1, 0.15) is 18.2 Å². The van der Waals surface area contributed by atoms with Crippen molar-refractivity contribution < 1.29 is 0 Å². The summed E-state index contributed by atoms with van der Waals surface area (Å²) in [7, 11) is 0. The highest BCUT2D eigenvalue weighted by Crippen LogP contribution is 2.32. The van der Waals surface area contributed by atoms with Crippen LogP contribution in [0, 0.1) is 18.8 Å². The van der Waals surface area contributed by atoms with E-state index in [4.69, 9.17) is 0 Å². The number of pyridine rings is 1. The molecule has 1 aromatic rings. The Balaban J connectivity index is 1.68. The molecule has 0 aliphatic carbocycles. The third-order valence-electron chi connectivity index (χ3n) is 4.39. The molecule has 2 aliphatic heterocycles. The molecule has 2 fully saturated rings. The van der Waals surface area contributed by atoms with Crippen LogP contribution < -0.4 is 5.32 Å². The standard InChI is InChI=1S/C14H21N3/c1-10-3-4-13(16-5-10)9-17-8-12-6-15-7-14(12)11(17)2/h3-5,11-12,14-15H,6-9H2,1-2H3. The number of aromatic nitrogens is 1. The zero-order valence-corrected chi connectivity index (χ0v) is 10.7. The maximum Gasteiger partial charge on any atom is 0.0544 e. The smallest absolute Gasteiger partial charge is 0.0544 e. The number of likely N-dealkylation sites (tertiary alicyclic amines) is 1. The van der Waals surface area contributed by atoms with Gasteiger partial charge in [-0.1, -0.05) is 6.07 Å². The summed E-state index contributed by atoms with van der Waals surface area (Å²) in [6.07, 6.45) is 1.97. The first-order valence-electron chi connectivity index (χ1n) is 6.60. The summed E-state index contributed by atoms with van der Waals surface area (Å²) in [6, 6.07) is 5.01. The monoisotopic (exact) mass is 231 g/mol. The van der Waals surface area contributed by atoms with E-state index in [0.717, 1.165) is 18.4 Å². The van der Waals surface area contributed by atoms with Gasteiger partial charge < -0.3 is 5.32 Å². The first-order chi connectivity index (χ1) is 8.24. The molecule has 92 valence electrons. The van der Waals surface area contributed by atoms with Crippen LogP contribution in [0.15, 0.2) is 18.3 Å². The number of hydrogen-bond acceptors (Lipinski definition) is 3. The summed E-state index contributed by atoms with van der Waals surface area (Å²) in [4.78, 5) is 7.10. The fourth-order valence-corrected chi connectivity index (χ4v) is 3.26. The van der Waals surface area contributed by atoms with Crippen molar-refractivity contribution in [1.82, 2.24) is 15.2 Å². The second-order valence-electron chi connectivity index (χ2n) is 5.58. The molecule has 1 aromatic heterocycles. The van der Waals surface area contributed by atoms with Crippen LogP contribution >= 0.6 is 0 Å². The molecule has 1 N–H and O–H groups in total. The molecule has 3 atom stereocenters. The van der Waals surface area contributed by atoms with Crippen molar-refractivity contribution in [2.45, 2.75) is 26.4 Å². The molecule has 3 heteroatoms. The van der Waals surface area contributed by atoms with Gasteiger partial charge in [-0.05, 0) is 50.4 Å². The van der Waals surface area contributed by atoms with E-state index in [-0.39, 0.29) is 0 Å². The van der Waals surface area contributed by atoms with E-state index in [1.807, 2.05) is 6.20 Å². The van der Waals surface area contributed by atoms with Crippen molar-refractivity contribution in [1.29, 1.82) is 0 Å². The number of hydrogen-bond donors (Lipinski definition) is 1. The Bertz CT molecular complexity index is 387. The summed E-state index contributed by atoms with van der Waals surface area (Å²) in [6.45, 7) is 9.09. The van der Waals surface area contributed by atoms with Crippen LogP contribution in [-0.2, 0) is 6.54 Å². The Morgan fingerprint density at radius 3 is 3.00 bits per heavy atom. The van der Waals surface area contributed by atoms with Crippen LogP contribution in [0.4, 0.5) is 0 Å². The summed E-state index contributed by atoms with van der Waals surface area (Å²) in [5.41, 5.74) is 2.44. The summed E-state index contributed by atoms with van der Waals surface area (Å²) in [5.74, 6) is 1.70. The fraction of sp³-hybridized carbons (Fsp3) is 0.643. The third-order valence-corrected chi connectivity index (χ3v) is 4.39. The second-order valence-corrected chi connectivity index (χ2v) is 5.58. The zero-order chi connectivity index (χ0) is 11.8. The Labute approximate surface area is 103 Å². The first kappa shape index (κ1) is 11.2. The topological polar surface area (TPSA) is 28.2 Å². The van der Waals surface area contributed by atoms with Gasteiger partial charge in [0.15, 0.2) is 0 Å². The first-order valence-corrected chi connectivity index (χ1v) is 6.60. The molecule has 17 heavy (non-hydrogen) atoms. The van der Waals surface area contributed by atoms with E-state index in [2.05, 4.69) is 41.2 Å². The Kier molecular flexibility index (Phi) is 2.89. The fourth-order valence-electron chi connectivity index (χ4n) is 3.26. The van der Waals surface area contributed by atoms with E-state index < -0.39 is 0 Å². The van der Waals surface area contributed by atoms with Crippen molar-refractivity contribution in [3.05, 3.63) is 29.6 Å². The molecule has 2 saturated heterocycles. The van der Waals surface area contributed by atoms with Gasteiger partial charge in [0.05, 0.1) is 5.69 Å². The van der Waals surface area contributed by atoms with Crippen LogP contribution in [0.2, 0.25) is 0 Å². The predicted molar refractivity (Wildman–Crippen MR) is 68.7 cm³/mol. The molecular formula is C14H21N3. The van der Waals surface area contributed by atoms with E-state index in [1.54, 1.807) is 0 Å². The molecule has 0 aromatic carbocycles. The minimum atomic E-state index is 0.693. The average molecular weight is 231 g/mol. The lowest BCUT2D eigenvalue weighted by atomic mass is 9.95. The number of aryl methyl sites for hydroxylation is 1. The van der Waals surface area contributed by atoms with Crippen molar-refractivity contribution in [2.75, 3.05) is 19.6 Å². The zero-order valence-electron chi connectivity index (χ0n) is 10.7. The van der Waals surface area contributed by atoms with Crippen LogP contribution in [0.3, 0.4) is 0 Å². The lowest BCUT2D eigenvalue weighted by Crippen LogP contribution is -2.32. The van der Waals surface area contributed by atoms with Crippen molar-refractivity contribution >= 4 is 0 Å². The van der Waals surface area contributed by atoms with Gasteiger partial charge in [-0.2, -0.15) is 0 Å². The van der Waals surface area contributed by atoms with E-state index in [1.165, 1.54) is 30.9 Å². The van der Waals surface area contributed by atoms with Crippen molar-refractivity contribution in [2.24, 2.45) is 11.8 Å². The SMILES string of the molecule is Cc1ccc(CN2CC3CNCC3C2C)nc1. The number of nitrogens with one attached hydrogen (secondary N) is 1. The highest BCUT2D eigenvalue weighted by Gasteiger charge is 2.41. The molecule has 3 heterocycles. The van der Waals surface area contributed by atoms with Crippen LogP contribution in [0.25, 0.3) is 0 Å². The molecule has 3 nitrogen and oxygen atoms in total. The average Bonchev–Trinajstić information content (AvgIpc) is 2.87. The maximum atomic E-state index is 4.51. The third kappa shape index (κ3) is 2.09. The highest BCUT2D eigenvalue weighted by atomic mass is 15.2. The summed E-state index contributed by atoms with van der Waals surface area (Å²) >= 11 is 0. The Morgan fingerprint density at radius 1 is 1.41 bits per heavy atom. The molecular weight excluding hydrogens is 210 g/mol. The highest BCUT2D eigenvalue weighted by molar-refractivity contribution is 5.12. The van der Waals surface area contributed by atoms with Crippen LogP contribution in [-0.4, -0.2) is 35.6 Å². The Morgan fingerprint density at radius 2 is 2.29 bits per heavy atom. The van der Waals surface area contributed by atoms with E-state index in [9.17, 15) is 0 Å². The molecule has 2 aliphatic rings. The van der Waals surface area contributed by atoms with E-state index >= 15 is 0 Å². The number of nitrogens with zero attached hydrogens (tertiary/aromatic N) is 2. The number of rotatable bonds is 2. The molecule has 3 rings (SSSR count). The van der Waals surface area contributed by atoms with Gasteiger partial charge in [0.25, 0.3) is 0 Å².